The maximum atomic E-state index is 9.27. The second kappa shape index (κ2) is 14.7. The predicted octanol–water partition coefficient (Wildman–Crippen LogP) is 16.9. The molecule has 0 saturated carbocycles. The van der Waals surface area contributed by atoms with Crippen molar-refractivity contribution in [2.24, 2.45) is 0 Å². The molecule has 0 saturated heterocycles. The standard InChI is InChI=1S/C64H46N2/c1-63(2)56-32-18-15-29-50(56)52-37-35-47(40-59(52)63)66(46-27-13-6-14-28-46)49-39-55(43-21-7-3-8-22-43)62-54-31-17-20-34-58(54)64(61(62)42-49)57-33-19-16-30-51(57)53-38-36-48(41-60(53)64)65(44-23-9-4-10-24-44)45-25-11-5-12-26-45/h3-42H,1-2H3/i4D,9D,10D,23D,24D. The third kappa shape index (κ3) is 5.48. The van der Waals surface area contributed by atoms with Gasteiger partial charge in [0.25, 0.3) is 0 Å². The number of para-hydroxylation sites is 3. The van der Waals surface area contributed by atoms with Gasteiger partial charge in [0.1, 0.15) is 0 Å². The number of benzene rings is 10. The molecule has 0 bridgehead atoms. The summed E-state index contributed by atoms with van der Waals surface area (Å²) in [6.07, 6.45) is 0. The average Bonchev–Trinajstić information content (AvgIpc) is 3.97. The van der Waals surface area contributed by atoms with Crippen LogP contribution in [0, 0.1) is 0 Å². The number of hydrogen-bond acceptors (Lipinski definition) is 2. The van der Waals surface area contributed by atoms with E-state index in [1.807, 2.05) is 41.3 Å². The highest BCUT2D eigenvalue weighted by Gasteiger charge is 2.53. The molecule has 1 atom stereocenters. The molecule has 0 radical (unpaired) electrons. The van der Waals surface area contributed by atoms with Crippen molar-refractivity contribution in [3.8, 4) is 44.5 Å². The summed E-state index contributed by atoms with van der Waals surface area (Å²) in [6, 6.07) is 73.8. The Morgan fingerprint density at radius 3 is 1.41 bits per heavy atom. The van der Waals surface area contributed by atoms with Crippen molar-refractivity contribution in [2.45, 2.75) is 24.7 Å². The van der Waals surface area contributed by atoms with Crippen LogP contribution in [0.15, 0.2) is 243 Å². The molecule has 3 aliphatic carbocycles. The Balaban J connectivity index is 1.12. The Labute approximate surface area is 394 Å². The molecular weight excluding hydrogens is 797 g/mol. The van der Waals surface area contributed by atoms with Crippen LogP contribution in [0.25, 0.3) is 44.5 Å². The monoisotopic (exact) mass is 847 g/mol. The van der Waals surface area contributed by atoms with Crippen LogP contribution in [-0.4, -0.2) is 0 Å². The molecule has 0 N–H and O–H groups in total. The van der Waals surface area contributed by atoms with Gasteiger partial charge in [0.2, 0.25) is 0 Å². The van der Waals surface area contributed by atoms with Crippen LogP contribution in [0.4, 0.5) is 34.1 Å². The first-order chi connectivity index (χ1) is 34.6. The molecule has 2 nitrogen and oxygen atoms in total. The van der Waals surface area contributed by atoms with E-state index in [9.17, 15) is 2.74 Å². The van der Waals surface area contributed by atoms with E-state index in [-0.39, 0.29) is 35.3 Å². The molecule has 1 unspecified atom stereocenters. The second-order valence-electron chi connectivity index (χ2n) is 18.1. The molecule has 13 rings (SSSR count). The summed E-state index contributed by atoms with van der Waals surface area (Å²) in [7, 11) is 0. The zero-order valence-electron chi connectivity index (χ0n) is 41.6. The van der Waals surface area contributed by atoms with Crippen LogP contribution in [0.2, 0.25) is 0 Å². The van der Waals surface area contributed by atoms with E-state index in [0.717, 1.165) is 72.7 Å². The highest BCUT2D eigenvalue weighted by molar-refractivity contribution is 6.02. The first-order valence-corrected chi connectivity index (χ1v) is 22.7. The first-order valence-electron chi connectivity index (χ1n) is 25.2. The third-order valence-corrected chi connectivity index (χ3v) is 14.3. The number of anilines is 6. The fourth-order valence-electron chi connectivity index (χ4n) is 11.5. The lowest BCUT2D eigenvalue weighted by atomic mass is 9.70. The summed E-state index contributed by atoms with van der Waals surface area (Å²) >= 11 is 0. The zero-order chi connectivity index (χ0) is 48.3. The van der Waals surface area contributed by atoms with Crippen LogP contribution in [0.1, 0.15) is 54.1 Å². The van der Waals surface area contributed by atoms with E-state index >= 15 is 0 Å². The van der Waals surface area contributed by atoms with Crippen molar-refractivity contribution in [3.63, 3.8) is 0 Å². The van der Waals surface area contributed by atoms with Crippen molar-refractivity contribution < 1.29 is 6.85 Å². The molecule has 0 aliphatic heterocycles. The minimum Gasteiger partial charge on any atom is -0.310 e. The Morgan fingerprint density at radius 1 is 0.318 bits per heavy atom. The van der Waals surface area contributed by atoms with Gasteiger partial charge in [-0.25, -0.2) is 0 Å². The van der Waals surface area contributed by atoms with Crippen molar-refractivity contribution >= 4 is 34.1 Å². The van der Waals surface area contributed by atoms with Gasteiger partial charge < -0.3 is 9.80 Å². The van der Waals surface area contributed by atoms with E-state index in [4.69, 9.17) is 4.11 Å². The molecule has 312 valence electrons. The van der Waals surface area contributed by atoms with E-state index in [0.29, 0.717) is 11.4 Å². The number of hydrogen-bond donors (Lipinski definition) is 0. The van der Waals surface area contributed by atoms with Gasteiger partial charge in [-0.3, -0.25) is 0 Å². The van der Waals surface area contributed by atoms with Gasteiger partial charge in [-0.1, -0.05) is 184 Å². The Hall–Kier alpha value is -8.20. The van der Waals surface area contributed by atoms with E-state index < -0.39 is 11.5 Å². The summed E-state index contributed by atoms with van der Waals surface area (Å²) in [5, 5.41) is 0. The summed E-state index contributed by atoms with van der Waals surface area (Å²) in [4.78, 5) is 4.24. The second-order valence-corrected chi connectivity index (χ2v) is 18.1. The van der Waals surface area contributed by atoms with Gasteiger partial charge in [-0.2, -0.15) is 0 Å². The van der Waals surface area contributed by atoms with Crippen molar-refractivity contribution in [2.75, 3.05) is 9.80 Å². The van der Waals surface area contributed by atoms with Crippen molar-refractivity contribution in [1.29, 1.82) is 0 Å². The van der Waals surface area contributed by atoms with E-state index in [1.54, 1.807) is 0 Å². The minimum atomic E-state index is -0.834. The van der Waals surface area contributed by atoms with Gasteiger partial charge in [0.05, 0.1) is 12.3 Å². The van der Waals surface area contributed by atoms with Gasteiger partial charge in [-0.15, -0.1) is 0 Å². The maximum Gasteiger partial charge on any atom is 0.0727 e. The number of nitrogens with zero attached hydrogens (tertiary/aromatic N) is 2. The Morgan fingerprint density at radius 2 is 0.773 bits per heavy atom. The van der Waals surface area contributed by atoms with Gasteiger partial charge in [-0.05, 0) is 151 Å². The molecule has 0 amide bonds. The molecule has 0 heterocycles. The topological polar surface area (TPSA) is 6.48 Å². The number of rotatable bonds is 7. The molecule has 3 aliphatic rings. The highest BCUT2D eigenvalue weighted by Crippen LogP contribution is 2.65. The van der Waals surface area contributed by atoms with Crippen molar-refractivity contribution in [3.05, 3.63) is 276 Å². The summed E-state index contributed by atoms with van der Waals surface area (Å²) < 4.78 is 44.6. The molecular formula is C64H46N2. The maximum absolute atomic E-state index is 9.27. The van der Waals surface area contributed by atoms with E-state index in [2.05, 4.69) is 195 Å². The fraction of sp³-hybridized carbons (Fsp3) is 0.0625. The number of fused-ring (bicyclic) bond motifs is 13. The quantitative estimate of drug-likeness (QED) is 0.158. The highest BCUT2D eigenvalue weighted by atomic mass is 15.1. The molecule has 1 spiro atoms. The lowest BCUT2D eigenvalue weighted by molar-refractivity contribution is 0.660. The summed E-state index contributed by atoms with van der Waals surface area (Å²) in [5.74, 6) is 0. The van der Waals surface area contributed by atoms with Gasteiger partial charge in [0, 0.05) is 39.5 Å². The fourth-order valence-corrected chi connectivity index (χ4v) is 11.5. The minimum absolute atomic E-state index is 0.0895. The average molecular weight is 848 g/mol. The van der Waals surface area contributed by atoms with Crippen LogP contribution in [-0.2, 0) is 10.8 Å². The molecule has 10 aromatic carbocycles. The van der Waals surface area contributed by atoms with Gasteiger partial charge in [0.15, 0.2) is 0 Å². The lowest BCUT2D eigenvalue weighted by Gasteiger charge is -2.34. The molecule has 0 aromatic heterocycles. The van der Waals surface area contributed by atoms with Crippen LogP contribution < -0.4 is 9.80 Å². The predicted molar refractivity (Wildman–Crippen MR) is 275 cm³/mol. The normalized spacial score (nSPS) is 16.4. The molecule has 10 aromatic rings. The molecule has 2 heteroatoms. The Kier molecular flexibility index (Phi) is 7.41. The largest absolute Gasteiger partial charge is 0.310 e. The summed E-state index contributed by atoms with van der Waals surface area (Å²) in [6.45, 7) is 4.66. The molecule has 66 heavy (non-hydrogen) atoms. The lowest BCUT2D eigenvalue weighted by Crippen LogP contribution is -2.26. The summed E-state index contributed by atoms with van der Waals surface area (Å²) in [5.41, 5.74) is 19.9. The smallest absolute Gasteiger partial charge is 0.0727 e. The molecule has 0 fully saturated rings. The van der Waals surface area contributed by atoms with E-state index in [1.165, 1.54) is 22.3 Å². The van der Waals surface area contributed by atoms with Crippen molar-refractivity contribution in [1.82, 2.24) is 0 Å². The zero-order valence-corrected chi connectivity index (χ0v) is 36.6. The Bertz CT molecular complexity index is 3790. The van der Waals surface area contributed by atoms with Crippen LogP contribution in [0.5, 0.6) is 0 Å². The first kappa shape index (κ1) is 33.3. The third-order valence-electron chi connectivity index (χ3n) is 14.3. The SMILES string of the molecule is [2H]c1c([2H])c([2H])c(N(c2ccccc2)c2ccc3c(c2)C2(c4ccccc4-3)c3ccccc3-c3c(-c4ccccc4)cc(N(c4ccccc4)c4ccc5c(c4)C(C)(C)c4ccccc4-5)cc32)c([2H])c1[2H]. The van der Waals surface area contributed by atoms with Crippen LogP contribution in [0.3, 0.4) is 0 Å². The van der Waals surface area contributed by atoms with Gasteiger partial charge >= 0.3 is 0 Å². The van der Waals surface area contributed by atoms with Crippen LogP contribution >= 0.6 is 0 Å².